The summed E-state index contributed by atoms with van der Waals surface area (Å²) in [7, 11) is 0. The van der Waals surface area contributed by atoms with E-state index in [1.165, 1.54) is 0 Å². The van der Waals surface area contributed by atoms with Crippen LogP contribution in [0.4, 0.5) is 0 Å². The molecule has 0 unspecified atom stereocenters. The van der Waals surface area contributed by atoms with Gasteiger partial charge in [0.05, 0.1) is 0 Å². The number of hydrogen-bond acceptors (Lipinski definition) is 2. The molecule has 0 aliphatic rings. The highest BCUT2D eigenvalue weighted by atomic mass is 35.5. The van der Waals surface area contributed by atoms with Crippen LogP contribution in [-0.2, 0) is 0 Å². The topological polar surface area (TPSA) is 65.7 Å². The summed E-state index contributed by atoms with van der Waals surface area (Å²) in [6, 6.07) is 6.96. The van der Waals surface area contributed by atoms with Crippen molar-refractivity contribution in [3.05, 3.63) is 66.3 Å². The van der Waals surface area contributed by atoms with Gasteiger partial charge < -0.3 is 9.97 Å². The smallest absolute Gasteiger partial charge is 0.272 e. The molecule has 0 saturated heterocycles. The van der Waals surface area contributed by atoms with Crippen molar-refractivity contribution in [2.24, 2.45) is 0 Å². The van der Waals surface area contributed by atoms with Crippen molar-refractivity contribution in [1.29, 1.82) is 0 Å². The van der Waals surface area contributed by atoms with E-state index in [0.717, 1.165) is 5.56 Å². The highest BCUT2D eigenvalue weighted by molar-refractivity contribution is 6.30. The number of H-pyrrole nitrogens is 2. The molecule has 1 aromatic carbocycles. The van der Waals surface area contributed by atoms with Crippen molar-refractivity contribution in [3.8, 4) is 0 Å². The van der Waals surface area contributed by atoms with E-state index in [9.17, 15) is 9.59 Å². The van der Waals surface area contributed by atoms with Gasteiger partial charge in [0.1, 0.15) is 10.7 Å². The number of halogens is 1. The Balaban J connectivity index is 2.66. The molecule has 0 amide bonds. The van der Waals surface area contributed by atoms with E-state index in [1.54, 1.807) is 43.3 Å². The molecule has 0 radical (unpaired) electrons. The fraction of sp³-hybridized carbons (Fsp3) is 0.0769. The van der Waals surface area contributed by atoms with Crippen LogP contribution in [-0.4, -0.2) is 9.97 Å². The zero-order valence-corrected chi connectivity index (χ0v) is 10.4. The normalized spacial score (nSPS) is 13.0. The van der Waals surface area contributed by atoms with E-state index >= 15 is 0 Å². The number of hydrogen-bond donors (Lipinski definition) is 2. The monoisotopic (exact) mass is 262 g/mol. The molecule has 1 heterocycles. The number of nitrogens with one attached hydrogen (secondary N) is 2. The molecule has 2 aromatic rings. The molecule has 0 aliphatic carbocycles. The Hall–Kier alpha value is -2.07. The van der Waals surface area contributed by atoms with Crippen molar-refractivity contribution < 1.29 is 0 Å². The van der Waals surface area contributed by atoms with Gasteiger partial charge in [0, 0.05) is 5.02 Å². The lowest BCUT2D eigenvalue weighted by molar-refractivity contribution is 1.00. The second-order valence-electron chi connectivity index (χ2n) is 3.72. The third kappa shape index (κ3) is 2.60. The molecule has 0 spiro atoms. The minimum Gasteiger partial charge on any atom is -0.316 e. The average Bonchev–Trinajstić information content (AvgIpc) is 2.36. The lowest BCUT2D eigenvalue weighted by atomic mass is 10.2. The second kappa shape index (κ2) is 5.06. The van der Waals surface area contributed by atoms with Crippen LogP contribution in [0.25, 0.3) is 12.2 Å². The van der Waals surface area contributed by atoms with Crippen LogP contribution in [0.5, 0.6) is 0 Å². The van der Waals surface area contributed by atoms with Gasteiger partial charge in [-0.05, 0) is 30.7 Å². The van der Waals surface area contributed by atoms with Gasteiger partial charge in [0.25, 0.3) is 11.1 Å². The molecule has 0 fully saturated rings. The maximum atomic E-state index is 11.7. The molecule has 0 bridgehead atoms. The van der Waals surface area contributed by atoms with Gasteiger partial charge in [-0.2, -0.15) is 0 Å². The van der Waals surface area contributed by atoms with Crippen molar-refractivity contribution in [3.63, 3.8) is 0 Å². The van der Waals surface area contributed by atoms with E-state index in [-0.39, 0.29) is 21.8 Å². The van der Waals surface area contributed by atoms with Crippen molar-refractivity contribution in [2.45, 2.75) is 6.92 Å². The minimum absolute atomic E-state index is 0.216. The standard InChI is InChI=1S/C13H11ClN2O2/c1-2-10-12(17)16-11(13(18)15-10)7-8-3-5-9(14)6-4-8/h2-7H,1H3,(H,15,18)(H,16,17)/b10-2+,11-7+. The summed E-state index contributed by atoms with van der Waals surface area (Å²) < 4.78 is 0. The van der Waals surface area contributed by atoms with E-state index in [4.69, 9.17) is 11.6 Å². The number of benzene rings is 1. The van der Waals surface area contributed by atoms with Gasteiger partial charge in [-0.1, -0.05) is 29.8 Å². The number of aromatic amines is 2. The van der Waals surface area contributed by atoms with Gasteiger partial charge in [-0.25, -0.2) is 0 Å². The molecular formula is C13H11ClN2O2. The molecule has 0 saturated carbocycles. The third-order valence-electron chi connectivity index (χ3n) is 2.46. The van der Waals surface area contributed by atoms with Crippen LogP contribution in [0.1, 0.15) is 12.5 Å². The van der Waals surface area contributed by atoms with Gasteiger partial charge in [-0.15, -0.1) is 0 Å². The van der Waals surface area contributed by atoms with Crippen molar-refractivity contribution in [1.82, 2.24) is 9.97 Å². The first-order chi connectivity index (χ1) is 8.60. The van der Waals surface area contributed by atoms with Gasteiger partial charge in [0.2, 0.25) is 0 Å². The molecule has 0 aliphatic heterocycles. The number of aromatic nitrogens is 2. The first kappa shape index (κ1) is 12.4. The quantitative estimate of drug-likeness (QED) is 0.779. The molecule has 2 rings (SSSR count). The zero-order chi connectivity index (χ0) is 13.1. The SMILES string of the molecule is C/C=c1/[nH]c(=O)/c(=C\c2ccc(Cl)cc2)[nH]c1=O. The maximum Gasteiger partial charge on any atom is 0.272 e. The molecular weight excluding hydrogens is 252 g/mol. The van der Waals surface area contributed by atoms with Crippen LogP contribution in [0.15, 0.2) is 33.9 Å². The highest BCUT2D eigenvalue weighted by Gasteiger charge is 1.95. The van der Waals surface area contributed by atoms with Crippen LogP contribution in [0, 0.1) is 0 Å². The molecule has 18 heavy (non-hydrogen) atoms. The zero-order valence-electron chi connectivity index (χ0n) is 9.66. The Morgan fingerprint density at radius 2 is 1.56 bits per heavy atom. The molecule has 1 aromatic heterocycles. The van der Waals surface area contributed by atoms with Gasteiger partial charge >= 0.3 is 0 Å². The Morgan fingerprint density at radius 3 is 2.17 bits per heavy atom. The fourth-order valence-corrected chi connectivity index (χ4v) is 1.65. The predicted molar refractivity (Wildman–Crippen MR) is 72.1 cm³/mol. The highest BCUT2D eigenvalue weighted by Crippen LogP contribution is 2.09. The first-order valence-electron chi connectivity index (χ1n) is 5.36. The van der Waals surface area contributed by atoms with Crippen molar-refractivity contribution >= 4 is 23.8 Å². The summed E-state index contributed by atoms with van der Waals surface area (Å²) in [6.07, 6.45) is 3.14. The fourth-order valence-electron chi connectivity index (χ4n) is 1.52. The molecule has 92 valence electrons. The Bertz CT molecular complexity index is 785. The summed E-state index contributed by atoms with van der Waals surface area (Å²) in [5.74, 6) is 0. The maximum absolute atomic E-state index is 11.7. The van der Waals surface area contributed by atoms with Crippen LogP contribution in [0.2, 0.25) is 5.02 Å². The van der Waals surface area contributed by atoms with Crippen LogP contribution in [0.3, 0.4) is 0 Å². The Morgan fingerprint density at radius 1 is 1.00 bits per heavy atom. The summed E-state index contributed by atoms with van der Waals surface area (Å²) in [4.78, 5) is 28.3. The first-order valence-corrected chi connectivity index (χ1v) is 5.74. The van der Waals surface area contributed by atoms with Crippen LogP contribution >= 0.6 is 11.6 Å². The van der Waals surface area contributed by atoms with Crippen LogP contribution < -0.4 is 21.8 Å². The predicted octanol–water partition coefficient (Wildman–Crippen LogP) is 0.346. The molecule has 2 N–H and O–H groups in total. The summed E-state index contributed by atoms with van der Waals surface area (Å²) in [6.45, 7) is 1.68. The summed E-state index contributed by atoms with van der Waals surface area (Å²) in [5.41, 5.74) is 0.128. The lowest BCUT2D eigenvalue weighted by Crippen LogP contribution is -2.46. The lowest BCUT2D eigenvalue weighted by Gasteiger charge is -1.93. The molecule has 0 atom stereocenters. The Kier molecular flexibility index (Phi) is 3.48. The van der Waals surface area contributed by atoms with E-state index in [1.807, 2.05) is 0 Å². The Labute approximate surface area is 107 Å². The average molecular weight is 263 g/mol. The summed E-state index contributed by atoms with van der Waals surface area (Å²) >= 11 is 5.77. The second-order valence-corrected chi connectivity index (χ2v) is 4.16. The third-order valence-corrected chi connectivity index (χ3v) is 2.71. The van der Waals surface area contributed by atoms with Gasteiger partial charge in [-0.3, -0.25) is 9.59 Å². The largest absolute Gasteiger partial charge is 0.316 e. The van der Waals surface area contributed by atoms with E-state index in [0.29, 0.717) is 5.02 Å². The molecule has 5 heteroatoms. The molecule has 4 nitrogen and oxygen atoms in total. The van der Waals surface area contributed by atoms with E-state index in [2.05, 4.69) is 9.97 Å². The van der Waals surface area contributed by atoms with Crippen molar-refractivity contribution in [2.75, 3.05) is 0 Å². The van der Waals surface area contributed by atoms with Gasteiger partial charge in [0.15, 0.2) is 0 Å². The number of rotatable bonds is 1. The minimum atomic E-state index is -0.336. The summed E-state index contributed by atoms with van der Waals surface area (Å²) in [5, 5.41) is 1.09. The van der Waals surface area contributed by atoms with E-state index < -0.39 is 0 Å².